The first-order chi connectivity index (χ1) is 5.16. The summed E-state index contributed by atoms with van der Waals surface area (Å²) in [7, 11) is 3.69. The third-order valence-corrected chi connectivity index (χ3v) is 1.58. The van der Waals surface area contributed by atoms with Crippen molar-refractivity contribution >= 4 is 12.0 Å². The van der Waals surface area contributed by atoms with Crippen molar-refractivity contribution in [3.05, 3.63) is 0 Å². The number of nitrogens with zero attached hydrogens (tertiary/aromatic N) is 1. The van der Waals surface area contributed by atoms with Gasteiger partial charge >= 0.3 is 0 Å². The van der Waals surface area contributed by atoms with Crippen molar-refractivity contribution in [1.29, 1.82) is 0 Å². The van der Waals surface area contributed by atoms with E-state index in [9.17, 15) is 5.26 Å². The second-order valence-electron chi connectivity index (χ2n) is 2.34. The first-order valence-electron chi connectivity index (χ1n) is 3.07. The van der Waals surface area contributed by atoms with Gasteiger partial charge in [0.25, 0.3) is 0 Å². The van der Waals surface area contributed by atoms with Gasteiger partial charge in [0.2, 0.25) is 0 Å². The number of aliphatic hydroxyl groups is 1. The molecule has 5 nitrogen and oxygen atoms in total. The number of rotatable bonds is 6. The Morgan fingerprint density at radius 2 is 2.27 bits per heavy atom. The van der Waals surface area contributed by atoms with Crippen LogP contribution in [-0.2, 0) is 9.37 Å². The monoisotopic (exact) mass is 182 g/mol. The molecule has 0 spiro atoms. The van der Waals surface area contributed by atoms with Gasteiger partial charge in [-0.2, -0.15) is 4.33 Å². The van der Waals surface area contributed by atoms with Crippen LogP contribution in [0.4, 0.5) is 0 Å². The van der Waals surface area contributed by atoms with E-state index in [0.29, 0.717) is 12.3 Å². The highest BCUT2D eigenvalue weighted by Gasteiger charge is 2.05. The second kappa shape index (κ2) is 6.84. The highest BCUT2D eigenvalue weighted by Crippen LogP contribution is 2.03. The maximum absolute atomic E-state index is 9.30. The Hall–Kier alpha value is 0.150. The van der Waals surface area contributed by atoms with Gasteiger partial charge in [0.1, 0.15) is 0 Å². The van der Waals surface area contributed by atoms with Gasteiger partial charge in [0.05, 0.1) is 11.9 Å². The van der Waals surface area contributed by atoms with Crippen molar-refractivity contribution in [3.8, 4) is 0 Å². The molecule has 0 fully saturated rings. The van der Waals surface area contributed by atoms with Gasteiger partial charge < -0.3 is 15.3 Å². The molecule has 0 saturated heterocycles. The van der Waals surface area contributed by atoms with E-state index in [4.69, 9.17) is 5.11 Å². The van der Waals surface area contributed by atoms with Crippen LogP contribution in [0.15, 0.2) is 0 Å². The molecule has 0 radical (unpaired) electrons. The van der Waals surface area contributed by atoms with Crippen molar-refractivity contribution in [2.24, 2.45) is 0 Å². The minimum absolute atomic E-state index is 0.320. The highest BCUT2D eigenvalue weighted by atomic mass is 32.2. The fourth-order valence-electron chi connectivity index (χ4n) is 0.600. The van der Waals surface area contributed by atoms with Crippen molar-refractivity contribution in [2.45, 2.75) is 6.10 Å². The highest BCUT2D eigenvalue weighted by molar-refractivity contribution is 7.94. The van der Waals surface area contributed by atoms with E-state index in [1.54, 1.807) is 0 Å². The largest absolute Gasteiger partial charge is 0.691 e. The van der Waals surface area contributed by atoms with Gasteiger partial charge in [-0.3, -0.25) is 5.04 Å². The molecule has 0 aromatic heterocycles. The predicted octanol–water partition coefficient (Wildman–Crippen LogP) is -1.22. The molecule has 0 aliphatic heterocycles. The van der Waals surface area contributed by atoms with Gasteiger partial charge in [-0.05, 0) is 14.1 Å². The van der Waals surface area contributed by atoms with E-state index in [2.05, 4.69) is 9.37 Å². The van der Waals surface area contributed by atoms with Crippen molar-refractivity contribution in [3.63, 3.8) is 0 Å². The summed E-state index contributed by atoms with van der Waals surface area (Å²) in [5.41, 5.74) is 0. The molecule has 1 N–H and O–H groups in total. The van der Waals surface area contributed by atoms with Crippen molar-refractivity contribution in [1.82, 2.24) is 4.90 Å². The Kier molecular flexibility index (Phi) is 6.93. The molecule has 0 aliphatic carbocycles. The summed E-state index contributed by atoms with van der Waals surface area (Å²) in [4.78, 5) is 1.84. The lowest BCUT2D eigenvalue weighted by atomic mass is 10.4. The molecule has 1 atom stereocenters. The average molecular weight is 182 g/mol. The second-order valence-corrected chi connectivity index (χ2v) is 3.04. The summed E-state index contributed by atoms with van der Waals surface area (Å²) in [6.07, 6.45) is -0.509. The Morgan fingerprint density at radius 1 is 1.64 bits per heavy atom. The molecule has 0 saturated carbocycles. The third kappa shape index (κ3) is 8.05. The average Bonchev–Trinajstić information content (AvgIpc) is 1.86. The normalized spacial score (nSPS) is 13.9. The molecule has 68 valence electrons. The lowest BCUT2D eigenvalue weighted by Gasteiger charge is -2.14. The summed E-state index contributed by atoms with van der Waals surface area (Å²) in [5.74, 6) is 0.320. The Morgan fingerprint density at radius 3 is 2.73 bits per heavy atom. The van der Waals surface area contributed by atoms with Crippen LogP contribution in [0, 0.1) is 0 Å². The lowest BCUT2D eigenvalue weighted by Crippen LogP contribution is -2.27. The Bertz CT molecular complexity index is 92.6. The Balaban J connectivity index is 3.15. The van der Waals surface area contributed by atoms with Crippen LogP contribution in [0.5, 0.6) is 0 Å². The number of likely N-dealkylation sites (N-methyl/N-ethyl adjacent to an activating group) is 1. The van der Waals surface area contributed by atoms with Gasteiger partial charge in [-0.15, -0.1) is 0 Å². The van der Waals surface area contributed by atoms with Crippen molar-refractivity contribution < 1.29 is 19.7 Å². The molecule has 0 bridgehead atoms. The fourth-order valence-corrected chi connectivity index (χ4v) is 0.957. The zero-order valence-electron chi connectivity index (χ0n) is 6.52. The summed E-state index contributed by atoms with van der Waals surface area (Å²) in [5, 5.41) is 21.5. The van der Waals surface area contributed by atoms with Crippen LogP contribution in [0.2, 0.25) is 0 Å². The molecular weight excluding hydrogens is 170 g/mol. The van der Waals surface area contributed by atoms with Crippen LogP contribution in [0.25, 0.3) is 0 Å². The summed E-state index contributed by atoms with van der Waals surface area (Å²) in [6, 6.07) is 0. The molecule has 0 aromatic rings. The molecule has 6 heteroatoms. The van der Waals surface area contributed by atoms with E-state index < -0.39 is 6.10 Å². The van der Waals surface area contributed by atoms with Gasteiger partial charge in [-0.25, -0.2) is 0 Å². The van der Waals surface area contributed by atoms with E-state index >= 15 is 0 Å². The van der Waals surface area contributed by atoms with Crippen LogP contribution >= 0.6 is 12.0 Å². The molecule has 0 rings (SSSR count). The lowest BCUT2D eigenvalue weighted by molar-refractivity contribution is -0.777. The number of hydrogen-bond donors (Lipinski definition) is 1. The predicted molar refractivity (Wildman–Crippen MR) is 39.2 cm³/mol. The molecular formula is C5H12NO4S-. The summed E-state index contributed by atoms with van der Waals surface area (Å²) in [6.45, 7) is 0.537. The van der Waals surface area contributed by atoms with E-state index in [1.807, 2.05) is 19.0 Å². The molecule has 0 aliphatic rings. The first kappa shape index (κ1) is 11.2. The fraction of sp³-hybridized carbons (Fsp3) is 1.00. The standard InChI is InChI=1S/C5H13NO4S/c1-6(2)3-5(7)4-11-10-9-8/h5,7-8H,3-4H2,1-2H3/p-1. The summed E-state index contributed by atoms with van der Waals surface area (Å²) >= 11 is 0.792. The molecule has 0 heterocycles. The number of aliphatic hydroxyl groups excluding tert-OH is 1. The quantitative estimate of drug-likeness (QED) is 0.240. The maximum atomic E-state index is 9.30. The van der Waals surface area contributed by atoms with Crippen LogP contribution in [-0.4, -0.2) is 42.5 Å². The van der Waals surface area contributed by atoms with Gasteiger partial charge in [-0.1, -0.05) is 0 Å². The summed E-state index contributed by atoms with van der Waals surface area (Å²) < 4.78 is 3.97. The van der Waals surface area contributed by atoms with Gasteiger partial charge in [0.15, 0.2) is 0 Å². The SMILES string of the molecule is CN(C)CC(O)CSOO[O-]. The zero-order chi connectivity index (χ0) is 8.69. The first-order valence-corrected chi connectivity index (χ1v) is 3.98. The van der Waals surface area contributed by atoms with E-state index in [-0.39, 0.29) is 0 Å². The molecule has 1 unspecified atom stereocenters. The molecule has 11 heavy (non-hydrogen) atoms. The topological polar surface area (TPSA) is 65.0 Å². The van der Waals surface area contributed by atoms with Crippen LogP contribution < -0.4 is 5.26 Å². The van der Waals surface area contributed by atoms with Gasteiger partial charge in [0, 0.05) is 18.6 Å². The van der Waals surface area contributed by atoms with Crippen LogP contribution in [0.3, 0.4) is 0 Å². The minimum atomic E-state index is -0.509. The van der Waals surface area contributed by atoms with E-state index in [1.165, 1.54) is 0 Å². The van der Waals surface area contributed by atoms with E-state index in [0.717, 1.165) is 12.0 Å². The maximum Gasteiger partial charge on any atom is 0.0780 e. The minimum Gasteiger partial charge on any atom is -0.691 e. The van der Waals surface area contributed by atoms with Crippen molar-refractivity contribution in [2.75, 3.05) is 26.4 Å². The third-order valence-electron chi connectivity index (χ3n) is 0.912. The number of hydrogen-bond acceptors (Lipinski definition) is 6. The molecule has 0 aromatic carbocycles. The smallest absolute Gasteiger partial charge is 0.0780 e. The Labute approximate surface area is 70.0 Å². The molecule has 0 amide bonds. The van der Waals surface area contributed by atoms with Crippen LogP contribution in [0.1, 0.15) is 0 Å². The zero-order valence-corrected chi connectivity index (χ0v) is 7.34.